The van der Waals surface area contributed by atoms with Crippen molar-refractivity contribution in [1.82, 2.24) is 0 Å². The molecular weight excluding hydrogens is 170 g/mol. The fraction of sp³-hybridized carbons (Fsp3) is 0.250. The van der Waals surface area contributed by atoms with E-state index in [-0.39, 0.29) is 6.54 Å². The van der Waals surface area contributed by atoms with Gasteiger partial charge in [-0.2, -0.15) is 0 Å². The van der Waals surface area contributed by atoms with Gasteiger partial charge in [0.05, 0.1) is 6.54 Å². The van der Waals surface area contributed by atoms with Gasteiger partial charge >= 0.3 is 0 Å². The molecule has 0 amide bonds. The van der Waals surface area contributed by atoms with Crippen molar-refractivity contribution in [3.05, 3.63) is 40.4 Å². The maximum Gasteiger partial charge on any atom is 0.296 e. The fourth-order valence-corrected chi connectivity index (χ4v) is 0.924. The highest BCUT2D eigenvalue weighted by atomic mass is 16.6. The molecule has 0 saturated carbocycles. The molecule has 0 fully saturated rings. The molecule has 1 unspecified atom stereocenters. The highest BCUT2D eigenvalue weighted by Gasteiger charge is 2.15. The molecule has 0 aromatic heterocycles. The highest BCUT2D eigenvalue weighted by molar-refractivity contribution is 5.42. The second-order valence-corrected chi connectivity index (χ2v) is 2.55. The van der Waals surface area contributed by atoms with Crippen LogP contribution in [0.1, 0.15) is 0 Å². The minimum atomic E-state index is -0.914. The van der Waals surface area contributed by atoms with Crippen molar-refractivity contribution in [3.63, 3.8) is 0 Å². The normalized spacial score (nSPS) is 12.1. The molecule has 3 N–H and O–H groups in total. The third kappa shape index (κ3) is 2.72. The van der Waals surface area contributed by atoms with Gasteiger partial charge in [0.2, 0.25) is 0 Å². The number of para-hydroxylation sites is 1. The summed E-state index contributed by atoms with van der Waals surface area (Å²) in [6.07, 6.45) is -0.914. The van der Waals surface area contributed by atoms with Crippen molar-refractivity contribution < 1.29 is 4.92 Å². The Bertz CT molecular complexity index is 276. The van der Waals surface area contributed by atoms with Crippen molar-refractivity contribution in [1.29, 1.82) is 0 Å². The predicted octanol–water partition coefficient (Wildman–Crippen LogP) is 0.660. The first-order chi connectivity index (χ1) is 6.24. The van der Waals surface area contributed by atoms with Crippen LogP contribution in [-0.2, 0) is 0 Å². The van der Waals surface area contributed by atoms with Crippen molar-refractivity contribution in [2.45, 2.75) is 6.17 Å². The van der Waals surface area contributed by atoms with Crippen LogP contribution in [0.2, 0.25) is 0 Å². The van der Waals surface area contributed by atoms with Crippen LogP contribution in [0.25, 0.3) is 0 Å². The Labute approximate surface area is 75.7 Å². The standard InChI is InChI=1S/C8H11N3O2/c9-6-8(11(12)13)10-7-4-2-1-3-5-7/h1-5,8,10H,6,9H2. The summed E-state index contributed by atoms with van der Waals surface area (Å²) >= 11 is 0. The molecule has 1 atom stereocenters. The third-order valence-corrected chi connectivity index (χ3v) is 1.58. The molecule has 1 aromatic rings. The Morgan fingerprint density at radius 1 is 1.46 bits per heavy atom. The Morgan fingerprint density at radius 3 is 2.54 bits per heavy atom. The fourth-order valence-electron chi connectivity index (χ4n) is 0.924. The molecule has 1 rings (SSSR count). The first-order valence-electron chi connectivity index (χ1n) is 3.89. The zero-order valence-corrected chi connectivity index (χ0v) is 7.01. The van der Waals surface area contributed by atoms with Gasteiger partial charge in [-0.1, -0.05) is 18.2 Å². The van der Waals surface area contributed by atoms with Gasteiger partial charge in [0.25, 0.3) is 6.17 Å². The van der Waals surface area contributed by atoms with E-state index < -0.39 is 11.1 Å². The number of rotatable bonds is 4. The van der Waals surface area contributed by atoms with E-state index in [1.807, 2.05) is 6.07 Å². The molecule has 1 aromatic carbocycles. The quantitative estimate of drug-likeness (QED) is 0.406. The SMILES string of the molecule is NCC(Nc1ccccc1)[N+](=O)[O-]. The summed E-state index contributed by atoms with van der Waals surface area (Å²) in [6.45, 7) is -0.0259. The molecule has 70 valence electrons. The summed E-state index contributed by atoms with van der Waals surface area (Å²) in [5.41, 5.74) is 5.92. The van der Waals surface area contributed by atoms with Gasteiger partial charge in [-0.25, -0.2) is 0 Å². The topological polar surface area (TPSA) is 81.2 Å². The Kier molecular flexibility index (Phi) is 3.22. The first kappa shape index (κ1) is 9.47. The van der Waals surface area contributed by atoms with E-state index in [0.717, 1.165) is 0 Å². The van der Waals surface area contributed by atoms with Crippen LogP contribution in [0, 0.1) is 10.1 Å². The van der Waals surface area contributed by atoms with Gasteiger partial charge < -0.3 is 11.1 Å². The van der Waals surface area contributed by atoms with E-state index in [2.05, 4.69) is 5.32 Å². The number of nitrogens with one attached hydrogen (secondary N) is 1. The molecule has 0 aliphatic carbocycles. The van der Waals surface area contributed by atoms with Crippen LogP contribution in [0.4, 0.5) is 5.69 Å². The van der Waals surface area contributed by atoms with Gasteiger partial charge in [0.15, 0.2) is 0 Å². The Hall–Kier alpha value is -1.62. The van der Waals surface area contributed by atoms with Gasteiger partial charge in [-0.3, -0.25) is 10.1 Å². The summed E-state index contributed by atoms with van der Waals surface area (Å²) in [4.78, 5) is 9.96. The zero-order valence-electron chi connectivity index (χ0n) is 7.01. The van der Waals surface area contributed by atoms with Crippen molar-refractivity contribution >= 4 is 5.69 Å². The lowest BCUT2D eigenvalue weighted by molar-refractivity contribution is -0.511. The predicted molar refractivity (Wildman–Crippen MR) is 49.9 cm³/mol. The smallest absolute Gasteiger partial charge is 0.296 e. The van der Waals surface area contributed by atoms with E-state index >= 15 is 0 Å². The summed E-state index contributed by atoms with van der Waals surface area (Å²) in [5.74, 6) is 0. The third-order valence-electron chi connectivity index (χ3n) is 1.58. The van der Waals surface area contributed by atoms with Gasteiger partial charge in [0.1, 0.15) is 0 Å². The van der Waals surface area contributed by atoms with Crippen LogP contribution in [0.3, 0.4) is 0 Å². The highest BCUT2D eigenvalue weighted by Crippen LogP contribution is 2.06. The van der Waals surface area contributed by atoms with Gasteiger partial charge in [-0.15, -0.1) is 0 Å². The summed E-state index contributed by atoms with van der Waals surface area (Å²) in [7, 11) is 0. The molecule has 5 nitrogen and oxygen atoms in total. The van der Waals surface area contributed by atoms with Crippen molar-refractivity contribution in [2.75, 3.05) is 11.9 Å². The summed E-state index contributed by atoms with van der Waals surface area (Å²) < 4.78 is 0. The lowest BCUT2D eigenvalue weighted by Gasteiger charge is -2.09. The number of nitro groups is 1. The molecular formula is C8H11N3O2. The molecule has 0 spiro atoms. The maximum atomic E-state index is 10.4. The van der Waals surface area contributed by atoms with Crippen molar-refractivity contribution in [3.8, 4) is 0 Å². The average Bonchev–Trinajstić information content (AvgIpc) is 2.15. The number of nitrogens with two attached hydrogens (primary N) is 1. The maximum absolute atomic E-state index is 10.4. The number of anilines is 1. The molecule has 0 aliphatic heterocycles. The average molecular weight is 181 g/mol. The second-order valence-electron chi connectivity index (χ2n) is 2.55. The first-order valence-corrected chi connectivity index (χ1v) is 3.89. The molecule has 5 heteroatoms. The van der Waals surface area contributed by atoms with Crippen LogP contribution in [0.5, 0.6) is 0 Å². The van der Waals surface area contributed by atoms with Gasteiger partial charge in [0, 0.05) is 10.6 Å². The molecule has 0 radical (unpaired) electrons. The largest absolute Gasteiger partial charge is 0.323 e. The van der Waals surface area contributed by atoms with E-state index in [1.165, 1.54) is 0 Å². The Morgan fingerprint density at radius 2 is 2.08 bits per heavy atom. The van der Waals surface area contributed by atoms with E-state index in [9.17, 15) is 10.1 Å². The molecule has 13 heavy (non-hydrogen) atoms. The lowest BCUT2D eigenvalue weighted by atomic mass is 10.3. The molecule has 0 bridgehead atoms. The van der Waals surface area contributed by atoms with Crippen molar-refractivity contribution in [2.24, 2.45) is 5.73 Å². The second kappa shape index (κ2) is 4.42. The van der Waals surface area contributed by atoms with E-state index in [1.54, 1.807) is 24.3 Å². The van der Waals surface area contributed by atoms with E-state index in [4.69, 9.17) is 5.73 Å². The van der Waals surface area contributed by atoms with Crippen LogP contribution in [-0.4, -0.2) is 17.6 Å². The number of hydrogen-bond acceptors (Lipinski definition) is 4. The molecule has 0 saturated heterocycles. The van der Waals surface area contributed by atoms with Crippen LogP contribution >= 0.6 is 0 Å². The molecule has 0 heterocycles. The minimum Gasteiger partial charge on any atom is -0.323 e. The number of hydrogen-bond donors (Lipinski definition) is 2. The Balaban J connectivity index is 2.62. The minimum absolute atomic E-state index is 0.0259. The number of benzene rings is 1. The van der Waals surface area contributed by atoms with Crippen LogP contribution < -0.4 is 11.1 Å². The van der Waals surface area contributed by atoms with E-state index in [0.29, 0.717) is 5.69 Å². The summed E-state index contributed by atoms with van der Waals surface area (Å²) in [5, 5.41) is 13.1. The zero-order chi connectivity index (χ0) is 9.68. The van der Waals surface area contributed by atoms with Crippen LogP contribution in [0.15, 0.2) is 30.3 Å². The monoisotopic (exact) mass is 181 g/mol. The number of nitrogens with zero attached hydrogens (tertiary/aromatic N) is 1. The summed E-state index contributed by atoms with van der Waals surface area (Å²) in [6, 6.07) is 8.96. The van der Waals surface area contributed by atoms with Gasteiger partial charge in [-0.05, 0) is 12.1 Å². The lowest BCUT2D eigenvalue weighted by Crippen LogP contribution is -2.36. The molecule has 0 aliphatic rings.